The normalized spacial score (nSPS) is 14.7. The molecule has 0 saturated carbocycles. The van der Waals surface area contributed by atoms with Crippen LogP contribution in [0.3, 0.4) is 0 Å². The lowest BCUT2D eigenvalue weighted by Gasteiger charge is -2.32. The fraction of sp³-hybridized carbons (Fsp3) is 0.0602. The second-order valence-electron chi connectivity index (χ2n) is 23.4. The van der Waals surface area contributed by atoms with Crippen molar-refractivity contribution in [3.05, 3.63) is 296 Å². The number of anilines is 2. The molecule has 4 aromatic heterocycles. The van der Waals surface area contributed by atoms with E-state index in [2.05, 4.69) is 244 Å². The van der Waals surface area contributed by atoms with Crippen molar-refractivity contribution in [2.24, 2.45) is 0 Å². The van der Waals surface area contributed by atoms with E-state index in [1.807, 2.05) is 67.6 Å². The number of aryl methyl sites for hydroxylation is 2. The highest BCUT2D eigenvalue weighted by atomic mass is 16.5. The molecule has 0 fully saturated rings. The number of ether oxygens (including phenoxy) is 1. The van der Waals surface area contributed by atoms with Crippen molar-refractivity contribution < 1.29 is 9.15 Å². The van der Waals surface area contributed by atoms with Crippen LogP contribution in [0.4, 0.5) is 11.4 Å². The first-order valence-electron chi connectivity index (χ1n) is 30.8. The lowest BCUT2D eigenvalue weighted by atomic mass is 9.96. The molecule has 1 unspecified atom stereocenters. The highest BCUT2D eigenvalue weighted by Crippen LogP contribution is 2.47. The molecule has 1 aliphatic heterocycles. The fourth-order valence-corrected chi connectivity index (χ4v) is 14.1. The average molecular weight is 1170 g/mol. The maximum atomic E-state index is 12.0. The molecular formula is C83H58N6O2. The van der Waals surface area contributed by atoms with Crippen LogP contribution in [0.2, 0.25) is 0 Å². The van der Waals surface area contributed by atoms with Gasteiger partial charge in [0.25, 0.3) is 0 Å². The van der Waals surface area contributed by atoms with Gasteiger partial charge in [-0.05, 0) is 181 Å². The Kier molecular flexibility index (Phi) is 13.3. The van der Waals surface area contributed by atoms with E-state index in [-0.39, 0.29) is 11.6 Å². The third-order valence-corrected chi connectivity index (χ3v) is 18.2. The summed E-state index contributed by atoms with van der Waals surface area (Å²) in [6, 6.07) is 87.9. The van der Waals surface area contributed by atoms with Crippen molar-refractivity contribution in [3.8, 4) is 51.6 Å². The van der Waals surface area contributed by atoms with Gasteiger partial charge in [0.15, 0.2) is 0 Å². The monoisotopic (exact) mass is 1170 g/mol. The molecule has 0 radical (unpaired) electrons. The van der Waals surface area contributed by atoms with Gasteiger partial charge in [0.2, 0.25) is 0 Å². The van der Waals surface area contributed by atoms with Crippen molar-refractivity contribution in [2.75, 3.05) is 4.90 Å². The molecule has 0 spiro atoms. The summed E-state index contributed by atoms with van der Waals surface area (Å²) in [5.41, 5.74) is 17.9. The zero-order valence-corrected chi connectivity index (χ0v) is 50.2. The molecule has 1 atom stereocenters. The predicted octanol–water partition coefficient (Wildman–Crippen LogP) is 21.9. The van der Waals surface area contributed by atoms with Gasteiger partial charge < -0.3 is 27.8 Å². The molecule has 0 saturated heterocycles. The fourth-order valence-electron chi connectivity index (χ4n) is 14.1. The van der Waals surface area contributed by atoms with Crippen LogP contribution in [0.25, 0.3) is 127 Å². The second kappa shape index (κ2) is 22.2. The van der Waals surface area contributed by atoms with Crippen molar-refractivity contribution in [3.63, 3.8) is 0 Å². The molecule has 5 heterocycles. The van der Waals surface area contributed by atoms with Gasteiger partial charge in [-0.2, -0.15) is 10.5 Å². The Hall–Kier alpha value is -12.1. The number of aromatic nitrogens is 3. The first kappa shape index (κ1) is 54.3. The molecule has 8 heteroatoms. The van der Waals surface area contributed by atoms with Gasteiger partial charge in [0, 0.05) is 61.5 Å². The third kappa shape index (κ3) is 8.95. The largest absolute Gasteiger partial charge is 0.456 e. The van der Waals surface area contributed by atoms with Gasteiger partial charge >= 0.3 is 0 Å². The van der Waals surface area contributed by atoms with E-state index in [1.54, 1.807) is 6.08 Å². The van der Waals surface area contributed by atoms with Crippen LogP contribution in [-0.2, 0) is 6.42 Å². The van der Waals surface area contributed by atoms with Crippen molar-refractivity contribution in [1.82, 2.24) is 13.7 Å². The van der Waals surface area contributed by atoms with Crippen molar-refractivity contribution in [1.29, 1.82) is 10.5 Å². The molecule has 16 rings (SSSR count). The Morgan fingerprint density at radius 2 is 1.14 bits per heavy atom. The van der Waals surface area contributed by atoms with Gasteiger partial charge in [0.05, 0.1) is 61.3 Å². The molecule has 0 aliphatic carbocycles. The molecule has 8 nitrogen and oxygen atoms in total. The van der Waals surface area contributed by atoms with Gasteiger partial charge in [0.1, 0.15) is 34.3 Å². The highest BCUT2D eigenvalue weighted by molar-refractivity contribution is 6.25. The standard InChI is InChI=1S/C83H58N6O2/c1-4-69(88-73-43-38-57(50-66(73)81-76(88)32-21-35-80(81)90-78-33-19-15-22-53(78)2)55-36-41-70-59(48-55)24-10-6-5-9-23-54(3)86(70)60-25-11-7-12-26-60)68(52-85)75(46-47-84)89-74-44-39-58(51-67(74)82-77(89)45-40-64-63-30-17-20-34-79(63)91-83(64)82)56-37-42-72-65(49-56)62-29-16-18-31-71(62)87(72)61-27-13-8-14-28-61/h4-9,11-23,25-46,48-51,54H,1,10,24H2,2-3H3/b6-5-,23-9-,69-68+,75-46-. The summed E-state index contributed by atoms with van der Waals surface area (Å²) < 4.78 is 20.4. The summed E-state index contributed by atoms with van der Waals surface area (Å²) in [6.45, 7) is 8.77. The van der Waals surface area contributed by atoms with Crippen LogP contribution in [-0.4, -0.2) is 19.7 Å². The van der Waals surface area contributed by atoms with Crippen LogP contribution in [0.1, 0.15) is 24.5 Å². The number of furan rings is 1. The topological polar surface area (TPSA) is 88.0 Å². The zero-order chi connectivity index (χ0) is 61.3. The summed E-state index contributed by atoms with van der Waals surface area (Å²) in [7, 11) is 0. The molecule has 15 aromatic rings. The summed E-state index contributed by atoms with van der Waals surface area (Å²) in [5.74, 6) is 1.40. The number of benzene rings is 11. The van der Waals surface area contributed by atoms with E-state index in [0.717, 1.165) is 145 Å². The van der Waals surface area contributed by atoms with Crippen LogP contribution in [0.15, 0.2) is 290 Å². The van der Waals surface area contributed by atoms with E-state index in [9.17, 15) is 10.5 Å². The van der Waals surface area contributed by atoms with E-state index >= 15 is 0 Å². The summed E-state index contributed by atoms with van der Waals surface area (Å²) in [4.78, 5) is 2.43. The molecule has 1 aliphatic rings. The molecule has 0 amide bonds. The van der Waals surface area contributed by atoms with Crippen LogP contribution in [0.5, 0.6) is 11.5 Å². The SMILES string of the molecule is C=C/C(=C(C#N)\C(=C\C#N)n1c2ccc(-c3ccc4c(c3)c3ccccc3n4-c3ccccc3)cc2c2c3oc4ccccc4c3ccc21)n1c2ccc(-c3ccc4c(c3)CC/C=C\C=C/C(C)N4c3ccccc3)cc2c2c(Oc3ccccc3C)cccc21. The number of nitriles is 2. The Morgan fingerprint density at radius 1 is 0.538 bits per heavy atom. The predicted molar refractivity (Wildman–Crippen MR) is 376 cm³/mol. The van der Waals surface area contributed by atoms with Gasteiger partial charge in [-0.1, -0.05) is 152 Å². The smallest absolute Gasteiger partial charge is 0.145 e. The van der Waals surface area contributed by atoms with Crippen LogP contribution < -0.4 is 9.64 Å². The Balaban J connectivity index is 0.903. The number of para-hydroxylation sites is 5. The summed E-state index contributed by atoms with van der Waals surface area (Å²) in [5, 5.41) is 30.9. The van der Waals surface area contributed by atoms with E-state index in [0.29, 0.717) is 17.1 Å². The average Bonchev–Trinajstić information content (AvgIpc) is 1.60. The highest BCUT2D eigenvalue weighted by Gasteiger charge is 2.27. The lowest BCUT2D eigenvalue weighted by Crippen LogP contribution is -2.27. The van der Waals surface area contributed by atoms with Gasteiger partial charge in [-0.3, -0.25) is 0 Å². The molecule has 11 aromatic carbocycles. The molecule has 0 N–H and O–H groups in total. The minimum Gasteiger partial charge on any atom is -0.456 e. The number of hydrogen-bond acceptors (Lipinski definition) is 5. The summed E-state index contributed by atoms with van der Waals surface area (Å²) >= 11 is 0. The molecule has 432 valence electrons. The van der Waals surface area contributed by atoms with Crippen molar-refractivity contribution in [2.45, 2.75) is 32.7 Å². The van der Waals surface area contributed by atoms with Crippen LogP contribution >= 0.6 is 0 Å². The number of rotatable bonds is 10. The van der Waals surface area contributed by atoms with E-state index < -0.39 is 0 Å². The molecular weight excluding hydrogens is 1110 g/mol. The lowest BCUT2D eigenvalue weighted by molar-refractivity contribution is 0.485. The quantitative estimate of drug-likeness (QED) is 0.101. The maximum absolute atomic E-state index is 12.0. The molecule has 91 heavy (non-hydrogen) atoms. The number of nitrogens with zero attached hydrogens (tertiary/aromatic N) is 6. The zero-order valence-electron chi connectivity index (χ0n) is 50.2. The second-order valence-corrected chi connectivity index (χ2v) is 23.4. The third-order valence-electron chi connectivity index (χ3n) is 18.2. The minimum atomic E-state index is 0.0986. The first-order chi connectivity index (χ1) is 44.9. The maximum Gasteiger partial charge on any atom is 0.145 e. The van der Waals surface area contributed by atoms with Crippen LogP contribution in [0, 0.1) is 29.6 Å². The summed E-state index contributed by atoms with van der Waals surface area (Å²) in [6.07, 6.45) is 13.8. The first-order valence-corrected chi connectivity index (χ1v) is 30.8. The Bertz CT molecular complexity index is 5710. The van der Waals surface area contributed by atoms with E-state index in [1.165, 1.54) is 17.3 Å². The molecule has 0 bridgehead atoms. The van der Waals surface area contributed by atoms with E-state index in [4.69, 9.17) is 9.15 Å². The minimum absolute atomic E-state index is 0.0986. The number of hydrogen-bond donors (Lipinski definition) is 0. The number of fused-ring (bicyclic) bond motifs is 14. The van der Waals surface area contributed by atoms with Gasteiger partial charge in [-0.25, -0.2) is 0 Å². The Morgan fingerprint density at radius 3 is 1.90 bits per heavy atom. The Labute approximate surface area is 526 Å². The van der Waals surface area contributed by atoms with Crippen molar-refractivity contribution >= 4 is 110 Å². The number of allylic oxidation sites excluding steroid dienone is 8. The van der Waals surface area contributed by atoms with Gasteiger partial charge in [-0.15, -0.1) is 0 Å².